The quantitative estimate of drug-likeness (QED) is 0.248. The highest BCUT2D eigenvalue weighted by molar-refractivity contribution is 7.99. The SMILES string of the molecule is Cc1ccc(CNC(=O)CSc2nc3c(sc(=S)n3-c3ccccc3C)c(=O)n2C)cc1. The number of para-hydroxylation sites is 1. The number of thioether (sulfide) groups is 1. The van der Waals surface area contributed by atoms with Crippen LogP contribution in [0.15, 0.2) is 58.5 Å². The molecule has 0 aliphatic rings. The van der Waals surface area contributed by atoms with Gasteiger partial charge in [-0.25, -0.2) is 4.98 Å². The first-order valence-electron chi connectivity index (χ1n) is 9.99. The summed E-state index contributed by atoms with van der Waals surface area (Å²) < 4.78 is 4.40. The first-order chi connectivity index (χ1) is 15.3. The van der Waals surface area contributed by atoms with E-state index in [1.54, 1.807) is 7.05 Å². The smallest absolute Gasteiger partial charge is 0.273 e. The molecule has 1 amide bonds. The molecule has 0 unspecified atom stereocenters. The van der Waals surface area contributed by atoms with Gasteiger partial charge < -0.3 is 5.32 Å². The van der Waals surface area contributed by atoms with Crippen LogP contribution in [0.5, 0.6) is 0 Å². The first kappa shape index (κ1) is 22.4. The van der Waals surface area contributed by atoms with E-state index in [4.69, 9.17) is 17.2 Å². The molecule has 32 heavy (non-hydrogen) atoms. The van der Waals surface area contributed by atoms with E-state index in [0.29, 0.717) is 26.0 Å². The Morgan fingerprint density at radius 1 is 1.16 bits per heavy atom. The van der Waals surface area contributed by atoms with Gasteiger partial charge in [0.25, 0.3) is 5.56 Å². The molecule has 0 bridgehead atoms. The number of benzene rings is 2. The topological polar surface area (TPSA) is 68.9 Å². The summed E-state index contributed by atoms with van der Waals surface area (Å²) in [6, 6.07) is 15.9. The van der Waals surface area contributed by atoms with E-state index in [-0.39, 0.29) is 17.2 Å². The molecule has 0 aliphatic carbocycles. The average molecular weight is 483 g/mol. The summed E-state index contributed by atoms with van der Waals surface area (Å²) in [6.45, 7) is 4.48. The minimum Gasteiger partial charge on any atom is -0.351 e. The van der Waals surface area contributed by atoms with E-state index in [2.05, 4.69) is 5.32 Å². The molecule has 1 N–H and O–H groups in total. The summed E-state index contributed by atoms with van der Waals surface area (Å²) in [5, 5.41) is 3.39. The van der Waals surface area contributed by atoms with Crippen molar-refractivity contribution in [2.45, 2.75) is 25.5 Å². The van der Waals surface area contributed by atoms with E-state index in [9.17, 15) is 9.59 Å². The van der Waals surface area contributed by atoms with Crippen LogP contribution in [0.25, 0.3) is 16.0 Å². The van der Waals surface area contributed by atoms with Crippen molar-refractivity contribution in [1.29, 1.82) is 0 Å². The number of fused-ring (bicyclic) bond motifs is 1. The molecular weight excluding hydrogens is 460 g/mol. The molecule has 6 nitrogen and oxygen atoms in total. The molecule has 0 atom stereocenters. The van der Waals surface area contributed by atoms with Crippen molar-refractivity contribution >= 4 is 51.6 Å². The van der Waals surface area contributed by atoms with E-state index >= 15 is 0 Å². The summed E-state index contributed by atoms with van der Waals surface area (Å²) in [5.41, 5.74) is 4.51. The van der Waals surface area contributed by atoms with Gasteiger partial charge in [-0.1, -0.05) is 71.1 Å². The van der Waals surface area contributed by atoms with Gasteiger partial charge in [-0.05, 0) is 43.3 Å². The van der Waals surface area contributed by atoms with Crippen LogP contribution in [0.4, 0.5) is 0 Å². The molecule has 0 spiro atoms. The molecule has 0 saturated heterocycles. The zero-order valence-corrected chi connectivity index (χ0v) is 20.4. The zero-order chi connectivity index (χ0) is 22.8. The Hall–Kier alpha value is -2.75. The van der Waals surface area contributed by atoms with Gasteiger partial charge in [-0.2, -0.15) is 0 Å². The van der Waals surface area contributed by atoms with Gasteiger partial charge >= 0.3 is 0 Å². The van der Waals surface area contributed by atoms with E-state index in [1.807, 2.05) is 66.9 Å². The van der Waals surface area contributed by atoms with Crippen molar-refractivity contribution in [3.8, 4) is 5.69 Å². The number of aromatic nitrogens is 3. The van der Waals surface area contributed by atoms with Crippen LogP contribution in [-0.4, -0.2) is 25.8 Å². The van der Waals surface area contributed by atoms with Gasteiger partial charge in [0.15, 0.2) is 14.8 Å². The standard InChI is InChI=1S/C23H22N4O2S3/c1-14-8-10-16(11-9-14)12-24-18(28)13-31-22-25-20-19(21(29)26(22)3)32-23(30)27(20)17-7-5-4-6-15(17)2/h4-11H,12-13H2,1-3H3,(H,24,28). The van der Waals surface area contributed by atoms with Crippen molar-refractivity contribution in [2.24, 2.45) is 7.05 Å². The fraction of sp³-hybridized carbons (Fsp3) is 0.217. The predicted octanol–water partition coefficient (Wildman–Crippen LogP) is 4.54. The lowest BCUT2D eigenvalue weighted by molar-refractivity contribution is -0.118. The van der Waals surface area contributed by atoms with Crippen LogP contribution >= 0.6 is 35.3 Å². The van der Waals surface area contributed by atoms with Gasteiger partial charge in [0.2, 0.25) is 5.91 Å². The molecule has 0 aliphatic heterocycles. The Morgan fingerprint density at radius 2 is 1.88 bits per heavy atom. The van der Waals surface area contributed by atoms with Crippen molar-refractivity contribution in [3.63, 3.8) is 0 Å². The lowest BCUT2D eigenvalue weighted by Crippen LogP contribution is -2.25. The lowest BCUT2D eigenvalue weighted by Gasteiger charge is -2.11. The molecule has 4 aromatic rings. The molecule has 0 fully saturated rings. The molecule has 4 rings (SSSR count). The number of rotatable bonds is 6. The minimum absolute atomic E-state index is 0.119. The molecular formula is C23H22N4O2S3. The summed E-state index contributed by atoms with van der Waals surface area (Å²) in [4.78, 5) is 30.1. The van der Waals surface area contributed by atoms with Crippen LogP contribution in [0, 0.1) is 17.8 Å². The first-order valence-corrected chi connectivity index (χ1v) is 12.2. The normalized spacial score (nSPS) is 11.1. The van der Waals surface area contributed by atoms with Crippen LogP contribution < -0.4 is 10.9 Å². The molecule has 2 heterocycles. The number of nitrogens with one attached hydrogen (secondary N) is 1. The largest absolute Gasteiger partial charge is 0.351 e. The fourth-order valence-electron chi connectivity index (χ4n) is 3.26. The fourth-order valence-corrected chi connectivity index (χ4v) is 5.38. The summed E-state index contributed by atoms with van der Waals surface area (Å²) in [6.07, 6.45) is 0. The maximum Gasteiger partial charge on any atom is 0.273 e. The maximum atomic E-state index is 13.0. The Balaban J connectivity index is 1.58. The summed E-state index contributed by atoms with van der Waals surface area (Å²) >= 11 is 8.05. The Kier molecular flexibility index (Phi) is 6.59. The van der Waals surface area contributed by atoms with Gasteiger partial charge in [-0.3, -0.25) is 18.7 Å². The van der Waals surface area contributed by atoms with Gasteiger partial charge in [0, 0.05) is 13.6 Å². The van der Waals surface area contributed by atoms with Gasteiger partial charge in [-0.15, -0.1) is 0 Å². The predicted molar refractivity (Wildman–Crippen MR) is 134 cm³/mol. The highest BCUT2D eigenvalue weighted by Gasteiger charge is 2.17. The number of hydrogen-bond donors (Lipinski definition) is 1. The van der Waals surface area contributed by atoms with Gasteiger partial charge in [0.05, 0.1) is 11.4 Å². The Morgan fingerprint density at radius 3 is 2.59 bits per heavy atom. The van der Waals surface area contributed by atoms with Crippen LogP contribution in [0.1, 0.15) is 16.7 Å². The van der Waals surface area contributed by atoms with E-state index in [0.717, 1.165) is 16.8 Å². The second-order valence-electron chi connectivity index (χ2n) is 7.45. The van der Waals surface area contributed by atoms with Crippen molar-refractivity contribution < 1.29 is 4.79 Å². The summed E-state index contributed by atoms with van der Waals surface area (Å²) in [5.74, 6) is 0.0401. The van der Waals surface area contributed by atoms with Crippen molar-refractivity contribution in [3.05, 3.63) is 79.5 Å². The molecule has 0 saturated carbocycles. The van der Waals surface area contributed by atoms with E-state index in [1.165, 1.54) is 33.2 Å². The Bertz CT molecular complexity index is 1420. The zero-order valence-electron chi connectivity index (χ0n) is 17.9. The van der Waals surface area contributed by atoms with Gasteiger partial charge in [0.1, 0.15) is 4.70 Å². The maximum absolute atomic E-state index is 13.0. The molecule has 164 valence electrons. The third-order valence-corrected chi connectivity index (χ3v) is 7.45. The number of thiazole rings is 1. The average Bonchev–Trinajstić information content (AvgIpc) is 3.11. The summed E-state index contributed by atoms with van der Waals surface area (Å²) in [7, 11) is 1.67. The molecule has 0 radical (unpaired) electrons. The monoisotopic (exact) mass is 482 g/mol. The molecule has 9 heteroatoms. The minimum atomic E-state index is -0.166. The molecule has 2 aromatic heterocycles. The highest BCUT2D eigenvalue weighted by Crippen LogP contribution is 2.26. The number of aryl methyl sites for hydroxylation is 2. The highest BCUT2D eigenvalue weighted by atomic mass is 32.2. The van der Waals surface area contributed by atoms with Crippen LogP contribution in [-0.2, 0) is 18.4 Å². The van der Waals surface area contributed by atoms with Crippen molar-refractivity contribution in [1.82, 2.24) is 19.4 Å². The van der Waals surface area contributed by atoms with E-state index < -0.39 is 0 Å². The number of hydrogen-bond acceptors (Lipinski definition) is 6. The lowest BCUT2D eigenvalue weighted by atomic mass is 10.1. The number of amides is 1. The van der Waals surface area contributed by atoms with Crippen LogP contribution in [0.2, 0.25) is 0 Å². The third kappa shape index (κ3) is 4.55. The van der Waals surface area contributed by atoms with Crippen LogP contribution in [0.3, 0.4) is 0 Å². The Labute approximate surface area is 198 Å². The number of carbonyl (C=O) groups is 1. The molecule has 2 aromatic carbocycles. The number of carbonyl (C=O) groups excluding carboxylic acids is 1. The second kappa shape index (κ2) is 9.40. The second-order valence-corrected chi connectivity index (χ2v) is 10.0. The number of nitrogens with zero attached hydrogens (tertiary/aromatic N) is 3. The third-order valence-electron chi connectivity index (χ3n) is 5.07. The van der Waals surface area contributed by atoms with Crippen molar-refractivity contribution in [2.75, 3.05) is 5.75 Å².